The van der Waals surface area contributed by atoms with Gasteiger partial charge in [0.15, 0.2) is 0 Å². The van der Waals surface area contributed by atoms with Gasteiger partial charge in [-0.3, -0.25) is 0 Å². The second-order valence-corrected chi connectivity index (χ2v) is 3.24. The summed E-state index contributed by atoms with van der Waals surface area (Å²) in [5.41, 5.74) is 2.13. The van der Waals surface area contributed by atoms with E-state index in [2.05, 4.69) is 11.9 Å². The predicted molar refractivity (Wildman–Crippen MR) is 60.9 cm³/mol. The molecule has 14 heavy (non-hydrogen) atoms. The van der Waals surface area contributed by atoms with Crippen molar-refractivity contribution in [3.8, 4) is 5.75 Å². The zero-order chi connectivity index (χ0) is 10.4. The Bertz CT molecular complexity index is 307. The van der Waals surface area contributed by atoms with Gasteiger partial charge in [-0.2, -0.15) is 0 Å². The highest BCUT2D eigenvalue weighted by atomic mass is 16.5. The molecule has 0 amide bonds. The Labute approximate surface area is 85.6 Å². The first-order valence-electron chi connectivity index (χ1n) is 4.84. The molecule has 2 heteroatoms. The van der Waals surface area contributed by atoms with Crippen LogP contribution in [-0.4, -0.2) is 13.2 Å². The van der Waals surface area contributed by atoms with Gasteiger partial charge < -0.3 is 10.1 Å². The molecule has 1 aromatic rings. The van der Waals surface area contributed by atoms with Crippen LogP contribution in [0.3, 0.4) is 0 Å². The van der Waals surface area contributed by atoms with E-state index < -0.39 is 0 Å². The monoisotopic (exact) mass is 191 g/mol. The van der Waals surface area contributed by atoms with Crippen LogP contribution < -0.4 is 10.1 Å². The lowest BCUT2D eigenvalue weighted by Crippen LogP contribution is -2.04. The molecule has 0 atom stereocenters. The van der Waals surface area contributed by atoms with Crippen LogP contribution in [0.2, 0.25) is 0 Å². The molecular formula is C12H17NO. The molecule has 0 aliphatic rings. The molecule has 0 saturated carbocycles. The van der Waals surface area contributed by atoms with E-state index in [1.807, 2.05) is 38.1 Å². The number of para-hydroxylation sites is 2. The summed E-state index contributed by atoms with van der Waals surface area (Å²) in [5, 5.41) is 3.27. The standard InChI is InChI=1S/C12H17NO/c1-4-14-12-8-6-5-7-11(12)13-9-10(2)3/h5-8,13H,2,4,9H2,1,3H3. The summed E-state index contributed by atoms with van der Waals surface area (Å²) in [6, 6.07) is 7.93. The van der Waals surface area contributed by atoms with Crippen molar-refractivity contribution in [2.75, 3.05) is 18.5 Å². The molecule has 0 saturated heterocycles. The van der Waals surface area contributed by atoms with Gasteiger partial charge in [-0.15, -0.1) is 0 Å². The molecular weight excluding hydrogens is 174 g/mol. The van der Waals surface area contributed by atoms with Crippen molar-refractivity contribution in [2.24, 2.45) is 0 Å². The van der Waals surface area contributed by atoms with Gasteiger partial charge in [-0.25, -0.2) is 0 Å². The summed E-state index contributed by atoms with van der Waals surface area (Å²) >= 11 is 0. The van der Waals surface area contributed by atoms with Gasteiger partial charge in [-0.05, 0) is 26.0 Å². The maximum atomic E-state index is 5.48. The Kier molecular flexibility index (Phi) is 4.05. The minimum Gasteiger partial charge on any atom is -0.492 e. The van der Waals surface area contributed by atoms with Crippen molar-refractivity contribution < 1.29 is 4.74 Å². The molecule has 0 heterocycles. The number of hydrogen-bond acceptors (Lipinski definition) is 2. The fraction of sp³-hybridized carbons (Fsp3) is 0.333. The fourth-order valence-electron chi connectivity index (χ4n) is 1.14. The smallest absolute Gasteiger partial charge is 0.142 e. The van der Waals surface area contributed by atoms with Crippen molar-refractivity contribution in [3.63, 3.8) is 0 Å². The van der Waals surface area contributed by atoms with Crippen LogP contribution in [-0.2, 0) is 0 Å². The number of rotatable bonds is 5. The highest BCUT2D eigenvalue weighted by Gasteiger charge is 2.00. The fourth-order valence-corrected chi connectivity index (χ4v) is 1.14. The Hall–Kier alpha value is -1.44. The van der Waals surface area contributed by atoms with Crippen LogP contribution in [0.4, 0.5) is 5.69 Å². The summed E-state index contributed by atoms with van der Waals surface area (Å²) in [6.07, 6.45) is 0. The molecule has 0 aliphatic heterocycles. The highest BCUT2D eigenvalue weighted by molar-refractivity contribution is 5.56. The first-order chi connectivity index (χ1) is 6.74. The van der Waals surface area contributed by atoms with Gasteiger partial charge in [0.2, 0.25) is 0 Å². The van der Waals surface area contributed by atoms with Gasteiger partial charge in [0.25, 0.3) is 0 Å². The average Bonchev–Trinajstić information content (AvgIpc) is 2.17. The van der Waals surface area contributed by atoms with Crippen molar-refractivity contribution in [1.82, 2.24) is 0 Å². The van der Waals surface area contributed by atoms with E-state index in [4.69, 9.17) is 4.74 Å². The third kappa shape index (κ3) is 3.13. The zero-order valence-corrected chi connectivity index (χ0v) is 8.84. The first-order valence-corrected chi connectivity index (χ1v) is 4.84. The van der Waals surface area contributed by atoms with Crippen molar-refractivity contribution in [1.29, 1.82) is 0 Å². The molecule has 0 bridgehead atoms. The number of anilines is 1. The van der Waals surface area contributed by atoms with Crippen LogP contribution in [0.5, 0.6) is 5.75 Å². The summed E-state index contributed by atoms with van der Waals surface area (Å²) in [4.78, 5) is 0. The lowest BCUT2D eigenvalue weighted by atomic mass is 10.2. The van der Waals surface area contributed by atoms with Gasteiger partial charge in [0, 0.05) is 6.54 Å². The Balaban J connectivity index is 2.68. The molecule has 1 aromatic carbocycles. The third-order valence-corrected chi connectivity index (χ3v) is 1.77. The summed E-state index contributed by atoms with van der Waals surface area (Å²) in [6.45, 7) is 9.29. The number of nitrogens with one attached hydrogen (secondary N) is 1. The predicted octanol–water partition coefficient (Wildman–Crippen LogP) is 3.07. The van der Waals surface area contributed by atoms with Gasteiger partial charge in [0.05, 0.1) is 12.3 Å². The largest absolute Gasteiger partial charge is 0.492 e. The van der Waals surface area contributed by atoms with Crippen LogP contribution >= 0.6 is 0 Å². The molecule has 2 nitrogen and oxygen atoms in total. The lowest BCUT2D eigenvalue weighted by molar-refractivity contribution is 0.342. The quantitative estimate of drug-likeness (QED) is 0.722. The Morgan fingerprint density at radius 2 is 2.14 bits per heavy atom. The maximum absolute atomic E-state index is 5.48. The first kappa shape index (κ1) is 10.6. The van der Waals surface area contributed by atoms with Crippen LogP contribution in [0.25, 0.3) is 0 Å². The molecule has 1 rings (SSSR count). The molecule has 76 valence electrons. The maximum Gasteiger partial charge on any atom is 0.142 e. The van der Waals surface area contributed by atoms with Crippen LogP contribution in [0, 0.1) is 0 Å². The second-order valence-electron chi connectivity index (χ2n) is 3.24. The van der Waals surface area contributed by atoms with Crippen molar-refractivity contribution in [3.05, 3.63) is 36.4 Å². The summed E-state index contributed by atoms with van der Waals surface area (Å²) in [7, 11) is 0. The normalized spacial score (nSPS) is 9.57. The number of hydrogen-bond donors (Lipinski definition) is 1. The molecule has 0 unspecified atom stereocenters. The molecule has 0 aromatic heterocycles. The van der Waals surface area contributed by atoms with E-state index in [9.17, 15) is 0 Å². The van der Waals surface area contributed by atoms with E-state index in [-0.39, 0.29) is 0 Å². The summed E-state index contributed by atoms with van der Waals surface area (Å²) in [5.74, 6) is 0.899. The van der Waals surface area contributed by atoms with E-state index in [1.54, 1.807) is 0 Å². The third-order valence-electron chi connectivity index (χ3n) is 1.77. The number of ether oxygens (including phenoxy) is 1. The van der Waals surface area contributed by atoms with E-state index >= 15 is 0 Å². The lowest BCUT2D eigenvalue weighted by Gasteiger charge is -2.11. The molecule has 0 spiro atoms. The van der Waals surface area contributed by atoms with Crippen molar-refractivity contribution in [2.45, 2.75) is 13.8 Å². The van der Waals surface area contributed by atoms with E-state index in [0.29, 0.717) is 6.61 Å². The summed E-state index contributed by atoms with van der Waals surface area (Å²) < 4.78 is 5.48. The van der Waals surface area contributed by atoms with Gasteiger partial charge in [0.1, 0.15) is 5.75 Å². The Morgan fingerprint density at radius 3 is 2.79 bits per heavy atom. The second kappa shape index (κ2) is 5.32. The van der Waals surface area contributed by atoms with Crippen LogP contribution in [0.1, 0.15) is 13.8 Å². The van der Waals surface area contributed by atoms with Crippen LogP contribution in [0.15, 0.2) is 36.4 Å². The highest BCUT2D eigenvalue weighted by Crippen LogP contribution is 2.23. The van der Waals surface area contributed by atoms with E-state index in [0.717, 1.165) is 23.6 Å². The zero-order valence-electron chi connectivity index (χ0n) is 8.84. The molecule has 0 fully saturated rings. The minimum absolute atomic E-state index is 0.686. The molecule has 0 aliphatic carbocycles. The SMILES string of the molecule is C=C(C)CNc1ccccc1OCC. The molecule has 1 N–H and O–H groups in total. The molecule has 0 radical (unpaired) electrons. The van der Waals surface area contributed by atoms with E-state index in [1.165, 1.54) is 0 Å². The Morgan fingerprint density at radius 1 is 1.43 bits per heavy atom. The number of benzene rings is 1. The van der Waals surface area contributed by atoms with Gasteiger partial charge in [-0.1, -0.05) is 24.3 Å². The topological polar surface area (TPSA) is 21.3 Å². The van der Waals surface area contributed by atoms with Crippen molar-refractivity contribution >= 4 is 5.69 Å². The van der Waals surface area contributed by atoms with Gasteiger partial charge >= 0.3 is 0 Å². The minimum atomic E-state index is 0.686. The average molecular weight is 191 g/mol.